The van der Waals surface area contributed by atoms with Gasteiger partial charge in [0.2, 0.25) is 5.17 Å². The largest absolute Gasteiger partial charge is 0.330 e. The Morgan fingerprint density at radius 1 is 1.29 bits per heavy atom. The predicted molar refractivity (Wildman–Crippen MR) is 85.2 cm³/mol. The molecule has 1 aliphatic heterocycles. The molecular formula is C12H13N3O3S3. The Kier molecular flexibility index (Phi) is 4.45. The fraction of sp³-hybridized carbons (Fsp3) is 0.417. The van der Waals surface area contributed by atoms with Crippen LogP contribution in [-0.2, 0) is 16.6 Å². The van der Waals surface area contributed by atoms with Gasteiger partial charge in [0.05, 0.1) is 0 Å². The zero-order valence-electron chi connectivity index (χ0n) is 11.9. The van der Waals surface area contributed by atoms with Gasteiger partial charge in [0.25, 0.3) is 5.91 Å². The third kappa shape index (κ3) is 3.14. The average Bonchev–Trinajstić information content (AvgIpc) is 3.13. The molecule has 0 spiro atoms. The molecule has 1 aromatic rings. The molecule has 0 unspecified atom stereocenters. The second kappa shape index (κ2) is 5.82. The molecule has 2 heterocycles. The molecule has 0 atom stereocenters. The number of rotatable bonds is 4. The van der Waals surface area contributed by atoms with E-state index >= 15 is 0 Å². The lowest BCUT2D eigenvalue weighted by Gasteiger charge is -2.06. The van der Waals surface area contributed by atoms with Crippen molar-refractivity contribution in [3.8, 4) is 0 Å². The van der Waals surface area contributed by atoms with E-state index < -0.39 is 5.25 Å². The number of carbonyl (C=O) groups excluding carboxylic acids is 3. The van der Waals surface area contributed by atoms with Gasteiger partial charge in [0, 0.05) is 12.7 Å². The zero-order chi connectivity index (χ0) is 15.9. The molecule has 6 nitrogen and oxygen atoms in total. The van der Waals surface area contributed by atoms with E-state index in [0.717, 1.165) is 17.5 Å². The van der Waals surface area contributed by atoms with Gasteiger partial charge in [0.15, 0.2) is 15.5 Å². The molecule has 0 aliphatic carbocycles. The summed E-state index contributed by atoms with van der Waals surface area (Å²) in [5.74, 6) is -0.778. The molecule has 0 fully saturated rings. The molecule has 0 saturated heterocycles. The Labute approximate surface area is 134 Å². The number of aromatic nitrogens is 1. The maximum atomic E-state index is 12.3. The predicted octanol–water partition coefficient (Wildman–Crippen LogP) is 2.13. The molecule has 1 amide bonds. The van der Waals surface area contributed by atoms with Crippen molar-refractivity contribution >= 4 is 58.0 Å². The zero-order valence-corrected chi connectivity index (χ0v) is 14.3. The van der Waals surface area contributed by atoms with Gasteiger partial charge in [-0.2, -0.15) is 5.01 Å². The van der Waals surface area contributed by atoms with Crippen LogP contribution in [0.4, 0.5) is 0 Å². The molecular weight excluding hydrogens is 330 g/mol. The van der Waals surface area contributed by atoms with Gasteiger partial charge in [-0.25, -0.2) is 0 Å². The van der Waals surface area contributed by atoms with Crippen molar-refractivity contribution in [3.63, 3.8) is 0 Å². The SMILES string of the molecule is CC(=O)C(SC1=NN1C(=O)c1sc(=S)n(C)c1C)C(C)=O. The Bertz CT molecular complexity index is 718. The molecule has 2 rings (SSSR count). The molecule has 112 valence electrons. The molecule has 0 aromatic carbocycles. The van der Waals surface area contributed by atoms with Crippen molar-refractivity contribution in [2.24, 2.45) is 12.1 Å². The van der Waals surface area contributed by atoms with Crippen molar-refractivity contribution in [2.45, 2.75) is 26.0 Å². The number of hydrogen-bond acceptors (Lipinski definition) is 7. The van der Waals surface area contributed by atoms with E-state index in [1.807, 2.05) is 6.92 Å². The number of Topliss-reactive ketones (excluding diaryl/α,β-unsaturated/α-hetero) is 2. The first-order valence-electron chi connectivity index (χ1n) is 6.01. The topological polar surface area (TPSA) is 71.5 Å². The standard InChI is InChI=1S/C12H13N3O3S3/c1-5-8(21-12(19)14(5)4)10(18)15-11(13-15)20-9(6(2)16)7(3)17/h9H,1-4H3. The van der Waals surface area contributed by atoms with Crippen LogP contribution in [0.15, 0.2) is 5.10 Å². The summed E-state index contributed by atoms with van der Waals surface area (Å²) in [7, 11) is 1.80. The highest BCUT2D eigenvalue weighted by molar-refractivity contribution is 8.16. The van der Waals surface area contributed by atoms with Crippen LogP contribution in [0.3, 0.4) is 0 Å². The third-order valence-electron chi connectivity index (χ3n) is 2.97. The van der Waals surface area contributed by atoms with Gasteiger partial charge in [0.1, 0.15) is 10.1 Å². The van der Waals surface area contributed by atoms with Gasteiger partial charge in [-0.1, -0.05) is 23.1 Å². The number of thiazole rings is 1. The normalized spacial score (nSPS) is 13.4. The van der Waals surface area contributed by atoms with E-state index in [9.17, 15) is 14.4 Å². The van der Waals surface area contributed by atoms with Crippen LogP contribution in [0.2, 0.25) is 0 Å². The van der Waals surface area contributed by atoms with Gasteiger partial charge in [-0.3, -0.25) is 14.4 Å². The summed E-state index contributed by atoms with van der Waals surface area (Å²) in [6.45, 7) is 4.51. The molecule has 1 aromatic heterocycles. The summed E-state index contributed by atoms with van der Waals surface area (Å²) in [6, 6.07) is 0. The summed E-state index contributed by atoms with van der Waals surface area (Å²) < 4.78 is 2.37. The molecule has 0 radical (unpaired) electrons. The number of hydrazone groups is 1. The van der Waals surface area contributed by atoms with Crippen LogP contribution in [-0.4, -0.2) is 37.5 Å². The summed E-state index contributed by atoms with van der Waals surface area (Å²) in [5, 5.41) is 4.72. The van der Waals surface area contributed by atoms with Crippen LogP contribution < -0.4 is 0 Å². The number of carbonyl (C=O) groups is 3. The van der Waals surface area contributed by atoms with E-state index in [1.165, 1.54) is 30.2 Å². The third-order valence-corrected chi connectivity index (χ3v) is 5.98. The maximum absolute atomic E-state index is 12.3. The molecule has 9 heteroatoms. The van der Waals surface area contributed by atoms with E-state index in [1.54, 1.807) is 11.6 Å². The Hall–Kier alpha value is -1.32. The van der Waals surface area contributed by atoms with Crippen LogP contribution in [0.5, 0.6) is 0 Å². The van der Waals surface area contributed by atoms with Crippen molar-refractivity contribution in [1.29, 1.82) is 0 Å². The van der Waals surface area contributed by atoms with E-state index in [2.05, 4.69) is 5.10 Å². The minimum atomic E-state index is -0.809. The average molecular weight is 343 g/mol. The fourth-order valence-corrected chi connectivity index (χ4v) is 3.79. The minimum Gasteiger partial charge on any atom is -0.330 e. The number of amidine groups is 1. The van der Waals surface area contributed by atoms with Crippen LogP contribution in [0.25, 0.3) is 0 Å². The van der Waals surface area contributed by atoms with Gasteiger partial charge < -0.3 is 4.57 Å². The van der Waals surface area contributed by atoms with Crippen molar-refractivity contribution in [1.82, 2.24) is 9.58 Å². The minimum absolute atomic E-state index is 0.249. The Morgan fingerprint density at radius 3 is 2.29 bits per heavy atom. The monoisotopic (exact) mass is 343 g/mol. The lowest BCUT2D eigenvalue weighted by molar-refractivity contribution is -0.123. The van der Waals surface area contributed by atoms with Crippen molar-refractivity contribution < 1.29 is 14.4 Å². The number of nitrogens with zero attached hydrogens (tertiary/aromatic N) is 3. The first kappa shape index (κ1) is 16.1. The summed E-state index contributed by atoms with van der Waals surface area (Å²) in [4.78, 5) is 35.6. The lowest BCUT2D eigenvalue weighted by atomic mass is 10.2. The number of ketones is 2. The quantitative estimate of drug-likeness (QED) is 0.619. The lowest BCUT2D eigenvalue weighted by Crippen LogP contribution is -2.25. The molecule has 0 saturated carbocycles. The molecule has 0 N–H and O–H groups in total. The van der Waals surface area contributed by atoms with E-state index in [0.29, 0.717) is 14.0 Å². The first-order chi connectivity index (χ1) is 9.73. The second-order valence-corrected chi connectivity index (χ2v) is 7.28. The molecule has 1 aliphatic rings. The summed E-state index contributed by atoms with van der Waals surface area (Å²) in [6.07, 6.45) is 0. The maximum Gasteiger partial charge on any atom is 0.292 e. The van der Waals surface area contributed by atoms with E-state index in [4.69, 9.17) is 12.2 Å². The molecule has 21 heavy (non-hydrogen) atoms. The highest BCUT2D eigenvalue weighted by Crippen LogP contribution is 2.30. The fourth-order valence-electron chi connectivity index (χ4n) is 1.64. The van der Waals surface area contributed by atoms with Gasteiger partial charge >= 0.3 is 0 Å². The van der Waals surface area contributed by atoms with Gasteiger partial charge in [-0.05, 0) is 33.0 Å². The smallest absolute Gasteiger partial charge is 0.292 e. The highest BCUT2D eigenvalue weighted by Gasteiger charge is 2.38. The van der Waals surface area contributed by atoms with Crippen molar-refractivity contribution in [2.75, 3.05) is 0 Å². The van der Waals surface area contributed by atoms with Crippen LogP contribution in [0, 0.1) is 10.9 Å². The van der Waals surface area contributed by atoms with E-state index in [-0.39, 0.29) is 17.5 Å². The molecule has 0 bridgehead atoms. The second-order valence-electron chi connectivity index (χ2n) is 4.56. The number of amides is 1. The Balaban J connectivity index is 2.09. The highest BCUT2D eigenvalue weighted by atomic mass is 32.2. The Morgan fingerprint density at radius 2 is 1.86 bits per heavy atom. The van der Waals surface area contributed by atoms with Crippen LogP contribution >= 0.6 is 35.3 Å². The van der Waals surface area contributed by atoms with Gasteiger partial charge in [-0.15, -0.1) is 5.10 Å². The summed E-state index contributed by atoms with van der Waals surface area (Å²) >= 11 is 7.36. The van der Waals surface area contributed by atoms with Crippen LogP contribution in [0.1, 0.15) is 29.2 Å². The first-order valence-corrected chi connectivity index (χ1v) is 8.11. The number of hydrogen-bond donors (Lipinski definition) is 0. The summed E-state index contributed by atoms with van der Waals surface area (Å²) in [5.41, 5.74) is 0.774. The van der Waals surface area contributed by atoms with Crippen molar-refractivity contribution in [3.05, 3.63) is 14.5 Å². The number of thioether (sulfide) groups is 1.